The van der Waals surface area contributed by atoms with Gasteiger partial charge in [0.25, 0.3) is 0 Å². The lowest BCUT2D eigenvalue weighted by atomic mass is 10.2. The number of hydrogen-bond donors (Lipinski definition) is 1. The lowest BCUT2D eigenvalue weighted by molar-refractivity contribution is -0.130. The predicted octanol–water partition coefficient (Wildman–Crippen LogP) is 2.21. The molecule has 1 amide bonds. The summed E-state index contributed by atoms with van der Waals surface area (Å²) in [6.45, 7) is 2.08. The van der Waals surface area contributed by atoms with Crippen LogP contribution in [-0.2, 0) is 11.3 Å². The Bertz CT molecular complexity index is 408. The molecule has 1 atom stereocenters. The lowest BCUT2D eigenvalue weighted by Gasteiger charge is -2.29. The van der Waals surface area contributed by atoms with Gasteiger partial charge in [0.15, 0.2) is 0 Å². The highest BCUT2D eigenvalue weighted by Crippen LogP contribution is 2.26. The maximum absolute atomic E-state index is 12.7. The Hall–Kier alpha value is -0.650. The normalized spacial score (nSPS) is 18.8. The molecule has 1 fully saturated rings. The van der Waals surface area contributed by atoms with Crippen molar-refractivity contribution in [1.29, 1.82) is 0 Å². The Labute approximate surface area is 129 Å². The third-order valence-corrected chi connectivity index (χ3v) is 5.99. The fourth-order valence-corrected chi connectivity index (χ4v) is 4.82. The fraction of sp³-hybridized carbons (Fsp3) is 0.533. The largest absolute Gasteiger partial charge is 0.337 e. The smallest absolute Gasteiger partial charge is 0.236 e. The second kappa shape index (κ2) is 8.60. The van der Waals surface area contributed by atoms with Crippen molar-refractivity contribution in [2.45, 2.75) is 18.2 Å². The van der Waals surface area contributed by atoms with Crippen LogP contribution in [0.15, 0.2) is 30.3 Å². The van der Waals surface area contributed by atoms with Crippen molar-refractivity contribution < 1.29 is 4.79 Å². The summed E-state index contributed by atoms with van der Waals surface area (Å²) in [6, 6.07) is 10.2. The third kappa shape index (κ3) is 4.72. The minimum atomic E-state index is 0.121. The summed E-state index contributed by atoms with van der Waals surface area (Å²) in [4.78, 5) is 14.6. The van der Waals surface area contributed by atoms with Gasteiger partial charge >= 0.3 is 0 Å². The lowest BCUT2D eigenvalue weighted by Crippen LogP contribution is -2.40. The van der Waals surface area contributed by atoms with E-state index in [1.54, 1.807) is 11.8 Å². The minimum absolute atomic E-state index is 0.121. The van der Waals surface area contributed by atoms with Gasteiger partial charge in [-0.05, 0) is 18.5 Å². The molecule has 1 heterocycles. The van der Waals surface area contributed by atoms with E-state index in [0.717, 1.165) is 30.2 Å². The standard InChI is InChI=1S/C15H22N2OS2/c16-7-4-8-17(11-13-5-2-1-3-6-13)15(18)14-12-19-9-10-20-14/h1-3,5-6,14H,4,7-12,16H2. The van der Waals surface area contributed by atoms with Crippen molar-refractivity contribution in [3.05, 3.63) is 35.9 Å². The Morgan fingerprint density at radius 2 is 2.10 bits per heavy atom. The van der Waals surface area contributed by atoms with Crippen molar-refractivity contribution in [2.24, 2.45) is 5.73 Å². The van der Waals surface area contributed by atoms with Crippen LogP contribution in [0.4, 0.5) is 0 Å². The maximum atomic E-state index is 12.7. The Balaban J connectivity index is 2.00. The fourth-order valence-electron chi connectivity index (χ4n) is 2.19. The van der Waals surface area contributed by atoms with Gasteiger partial charge in [-0.25, -0.2) is 0 Å². The molecule has 0 saturated carbocycles. The monoisotopic (exact) mass is 310 g/mol. The third-order valence-electron chi connectivity index (χ3n) is 3.25. The number of benzene rings is 1. The molecule has 5 heteroatoms. The molecular formula is C15H22N2OS2. The summed E-state index contributed by atoms with van der Waals surface area (Å²) in [7, 11) is 0. The number of nitrogens with zero attached hydrogens (tertiary/aromatic N) is 1. The number of thioether (sulfide) groups is 2. The van der Waals surface area contributed by atoms with Crippen LogP contribution in [0.1, 0.15) is 12.0 Å². The van der Waals surface area contributed by atoms with Gasteiger partial charge in [-0.1, -0.05) is 30.3 Å². The second-order valence-electron chi connectivity index (χ2n) is 4.82. The van der Waals surface area contributed by atoms with E-state index in [4.69, 9.17) is 5.73 Å². The number of nitrogens with two attached hydrogens (primary N) is 1. The van der Waals surface area contributed by atoms with Crippen LogP contribution in [0.3, 0.4) is 0 Å². The summed E-state index contributed by atoms with van der Waals surface area (Å²) < 4.78 is 0. The summed E-state index contributed by atoms with van der Waals surface area (Å²) in [5.74, 6) is 3.46. The van der Waals surface area contributed by atoms with Gasteiger partial charge in [-0.15, -0.1) is 11.8 Å². The first-order chi connectivity index (χ1) is 9.81. The molecule has 0 radical (unpaired) electrons. The second-order valence-corrected chi connectivity index (χ2v) is 7.28. The van der Waals surface area contributed by atoms with E-state index in [1.807, 2.05) is 34.9 Å². The Kier molecular flexibility index (Phi) is 6.76. The van der Waals surface area contributed by atoms with Crippen molar-refractivity contribution in [2.75, 3.05) is 30.3 Å². The zero-order valence-electron chi connectivity index (χ0n) is 11.7. The Morgan fingerprint density at radius 1 is 1.30 bits per heavy atom. The molecule has 1 aromatic rings. The first-order valence-corrected chi connectivity index (χ1v) is 9.23. The van der Waals surface area contributed by atoms with Crippen molar-refractivity contribution >= 4 is 29.4 Å². The maximum Gasteiger partial charge on any atom is 0.236 e. The Morgan fingerprint density at radius 3 is 2.75 bits per heavy atom. The van der Waals surface area contributed by atoms with Crippen molar-refractivity contribution in [3.8, 4) is 0 Å². The molecule has 0 bridgehead atoms. The highest BCUT2D eigenvalue weighted by molar-refractivity contribution is 8.07. The van der Waals surface area contributed by atoms with E-state index in [-0.39, 0.29) is 11.2 Å². The molecule has 1 aromatic carbocycles. The number of hydrogen-bond acceptors (Lipinski definition) is 4. The van der Waals surface area contributed by atoms with Crippen LogP contribution in [0, 0.1) is 0 Å². The highest BCUT2D eigenvalue weighted by atomic mass is 32.2. The van der Waals surface area contributed by atoms with Gasteiger partial charge in [0.2, 0.25) is 5.91 Å². The minimum Gasteiger partial charge on any atom is -0.337 e. The molecule has 2 rings (SSSR count). The molecule has 0 spiro atoms. The molecule has 110 valence electrons. The van der Waals surface area contributed by atoms with Gasteiger partial charge in [-0.3, -0.25) is 4.79 Å². The van der Waals surface area contributed by atoms with Crippen LogP contribution >= 0.6 is 23.5 Å². The molecular weight excluding hydrogens is 288 g/mol. The van der Waals surface area contributed by atoms with E-state index in [1.165, 1.54) is 5.56 Å². The first kappa shape index (κ1) is 15.7. The van der Waals surface area contributed by atoms with Crippen LogP contribution in [0.5, 0.6) is 0 Å². The molecule has 0 aromatic heterocycles. The first-order valence-electron chi connectivity index (χ1n) is 7.03. The molecule has 0 aliphatic carbocycles. The van der Waals surface area contributed by atoms with Gasteiger partial charge in [-0.2, -0.15) is 11.8 Å². The summed E-state index contributed by atoms with van der Waals surface area (Å²) >= 11 is 3.69. The number of carbonyl (C=O) groups is 1. The van der Waals surface area contributed by atoms with E-state index in [2.05, 4.69) is 12.1 Å². The summed E-state index contributed by atoms with van der Waals surface area (Å²) in [6.07, 6.45) is 0.864. The molecule has 1 aliphatic rings. The number of carbonyl (C=O) groups excluding carboxylic acids is 1. The summed E-state index contributed by atoms with van der Waals surface area (Å²) in [5, 5.41) is 0.121. The SMILES string of the molecule is NCCCN(Cc1ccccc1)C(=O)C1CSCCS1. The van der Waals surface area contributed by atoms with E-state index >= 15 is 0 Å². The molecule has 1 saturated heterocycles. The van der Waals surface area contributed by atoms with Crippen LogP contribution in [-0.4, -0.2) is 46.4 Å². The highest BCUT2D eigenvalue weighted by Gasteiger charge is 2.26. The summed E-state index contributed by atoms with van der Waals surface area (Å²) in [5.41, 5.74) is 6.79. The van der Waals surface area contributed by atoms with Gasteiger partial charge in [0.05, 0.1) is 5.25 Å². The molecule has 20 heavy (non-hydrogen) atoms. The van der Waals surface area contributed by atoms with E-state index < -0.39 is 0 Å². The molecule has 1 aliphatic heterocycles. The molecule has 2 N–H and O–H groups in total. The van der Waals surface area contributed by atoms with Crippen LogP contribution < -0.4 is 5.73 Å². The van der Waals surface area contributed by atoms with Crippen molar-refractivity contribution in [3.63, 3.8) is 0 Å². The molecule has 1 unspecified atom stereocenters. The topological polar surface area (TPSA) is 46.3 Å². The average Bonchev–Trinajstić information content (AvgIpc) is 2.52. The van der Waals surface area contributed by atoms with Crippen LogP contribution in [0.2, 0.25) is 0 Å². The zero-order valence-corrected chi connectivity index (χ0v) is 13.3. The van der Waals surface area contributed by atoms with Gasteiger partial charge < -0.3 is 10.6 Å². The average molecular weight is 310 g/mol. The van der Waals surface area contributed by atoms with Crippen molar-refractivity contribution in [1.82, 2.24) is 4.90 Å². The van der Waals surface area contributed by atoms with Crippen LogP contribution in [0.25, 0.3) is 0 Å². The van der Waals surface area contributed by atoms with E-state index in [9.17, 15) is 4.79 Å². The zero-order chi connectivity index (χ0) is 14.2. The quantitative estimate of drug-likeness (QED) is 0.875. The number of amides is 1. The molecule has 3 nitrogen and oxygen atoms in total. The van der Waals surface area contributed by atoms with E-state index in [0.29, 0.717) is 13.1 Å². The predicted molar refractivity (Wildman–Crippen MR) is 89.1 cm³/mol. The van der Waals surface area contributed by atoms with Gasteiger partial charge in [0, 0.05) is 30.3 Å². The number of rotatable bonds is 6. The van der Waals surface area contributed by atoms with Gasteiger partial charge in [0.1, 0.15) is 0 Å².